The van der Waals surface area contributed by atoms with Gasteiger partial charge in [0, 0.05) is 0 Å². The highest BCUT2D eigenvalue weighted by atomic mass is 16.8. The largest absolute Gasteiger partial charge is 0.394 e. The first kappa shape index (κ1) is 45.1. The van der Waals surface area contributed by atoms with Crippen molar-refractivity contribution in [2.45, 2.75) is 160 Å². The zero-order chi connectivity index (χ0) is 40.6. The second-order valence-electron chi connectivity index (χ2n) is 14.0. The van der Waals surface area contributed by atoms with Crippen molar-refractivity contribution in [1.29, 1.82) is 0 Å². The van der Waals surface area contributed by atoms with Crippen molar-refractivity contribution < 1.29 is 124 Å². The van der Waals surface area contributed by atoms with Crippen LogP contribution >= 0.6 is 0 Å². The van der Waals surface area contributed by atoms with Crippen LogP contribution in [0.15, 0.2) is 0 Å². The molecule has 5 aliphatic heterocycles. The molecule has 5 aliphatic rings. The fourth-order valence-electron chi connectivity index (χ4n) is 6.84. The van der Waals surface area contributed by atoms with Gasteiger partial charge in [0.1, 0.15) is 116 Å². The van der Waals surface area contributed by atoms with Gasteiger partial charge in [-0.25, -0.2) is 0 Å². The summed E-state index contributed by atoms with van der Waals surface area (Å²) in [5.41, 5.74) is 0. The van der Waals surface area contributed by atoms with Crippen LogP contribution in [0.25, 0.3) is 0 Å². The SMILES string of the molecule is C[C@H]1O[C@@H](O)[C@H](O)[C@@H](O[C@@H]2O[C@H](COC3O[C@H](CO)[C@@H](OC4O[C@H](CO)[C@@H](O)[C@H](O)[C@H]4O)[C@@H](O)[C@H]3O)[C@@H](O)[C@H](O)[C@H]2OC2O[C@H](CO)[C@@H](O)[C@H](O)[C@H]2O)[C@H]1O. The Morgan fingerprint density at radius 3 is 1.31 bits per heavy atom. The van der Waals surface area contributed by atoms with Gasteiger partial charge in [-0.2, -0.15) is 0 Å². The quantitative estimate of drug-likeness (QED) is 0.0870. The van der Waals surface area contributed by atoms with Crippen molar-refractivity contribution in [3.63, 3.8) is 0 Å². The minimum Gasteiger partial charge on any atom is -0.394 e. The van der Waals surface area contributed by atoms with Crippen LogP contribution in [0.4, 0.5) is 0 Å². The molecule has 0 aromatic heterocycles. The Labute approximate surface area is 311 Å². The Bertz CT molecular complexity index is 1170. The van der Waals surface area contributed by atoms with Crippen molar-refractivity contribution in [2.75, 3.05) is 26.4 Å². The molecule has 16 N–H and O–H groups in total. The lowest BCUT2D eigenvalue weighted by molar-refractivity contribution is -0.391. The van der Waals surface area contributed by atoms with Gasteiger partial charge >= 0.3 is 0 Å². The van der Waals surface area contributed by atoms with E-state index >= 15 is 0 Å². The lowest BCUT2D eigenvalue weighted by Crippen LogP contribution is -2.67. The summed E-state index contributed by atoms with van der Waals surface area (Å²) in [6, 6.07) is 0. The molecule has 5 heterocycles. The molecule has 25 nitrogen and oxygen atoms in total. The standard InChI is InChI=1S/C30H52O25/c1-6-11(34)24(22(45)26(46)48-6)54-30-25(55-29-20(43)16(39)13(36)8(3-32)50-29)17(40)14(37)10(52-30)5-47-27-21(44)18(41)23(9(4-33)51-27)53-28-19(42)15(38)12(35)7(2-31)49-28/h6-46H,2-5H2,1H3/t6-,7-,8-,9-,10-,11+,12-,13-,14-,15+,16+,17+,18+,19-,20-,21-,22-,23-,24+,25-,26-,27?,28?,29?,30+/m1/s1. The van der Waals surface area contributed by atoms with Gasteiger partial charge in [0.25, 0.3) is 0 Å². The summed E-state index contributed by atoms with van der Waals surface area (Å²) in [5.74, 6) is 0. The average molecular weight is 813 g/mol. The van der Waals surface area contributed by atoms with Crippen LogP contribution in [-0.2, 0) is 42.6 Å². The fraction of sp³-hybridized carbons (Fsp3) is 1.00. The normalized spacial score (nSPS) is 53.9. The number of rotatable bonds is 12. The predicted molar refractivity (Wildman–Crippen MR) is 165 cm³/mol. The molecule has 0 spiro atoms. The van der Waals surface area contributed by atoms with Gasteiger partial charge < -0.3 is 124 Å². The average Bonchev–Trinajstić information content (AvgIpc) is 3.16. The maximum atomic E-state index is 11.3. The number of hydrogen-bond acceptors (Lipinski definition) is 25. The van der Waals surface area contributed by atoms with Crippen molar-refractivity contribution >= 4 is 0 Å². The van der Waals surface area contributed by atoms with Crippen molar-refractivity contribution in [3.8, 4) is 0 Å². The summed E-state index contributed by atoms with van der Waals surface area (Å²) >= 11 is 0. The van der Waals surface area contributed by atoms with Crippen LogP contribution in [0.5, 0.6) is 0 Å². The van der Waals surface area contributed by atoms with Gasteiger partial charge in [-0.15, -0.1) is 0 Å². The van der Waals surface area contributed by atoms with Crippen molar-refractivity contribution in [1.82, 2.24) is 0 Å². The molecule has 3 unspecified atom stereocenters. The minimum atomic E-state index is -2.08. The molecule has 0 aromatic rings. The van der Waals surface area contributed by atoms with E-state index in [-0.39, 0.29) is 0 Å². The van der Waals surface area contributed by atoms with Crippen LogP contribution in [0.2, 0.25) is 0 Å². The molecule has 0 aromatic carbocycles. The van der Waals surface area contributed by atoms with E-state index < -0.39 is 180 Å². The smallest absolute Gasteiger partial charge is 0.187 e. The Kier molecular flexibility index (Phi) is 15.5. The molecule has 0 aliphatic carbocycles. The third-order valence-corrected chi connectivity index (χ3v) is 10.3. The second-order valence-corrected chi connectivity index (χ2v) is 14.0. The highest BCUT2D eigenvalue weighted by Crippen LogP contribution is 2.34. The molecular weight excluding hydrogens is 760 g/mol. The maximum absolute atomic E-state index is 11.3. The zero-order valence-corrected chi connectivity index (χ0v) is 29.1. The van der Waals surface area contributed by atoms with Gasteiger partial charge in [0.2, 0.25) is 0 Å². The first-order valence-corrected chi connectivity index (χ1v) is 17.5. The molecular formula is C30H52O25. The van der Waals surface area contributed by atoms with E-state index in [1.807, 2.05) is 0 Å². The third kappa shape index (κ3) is 9.26. The van der Waals surface area contributed by atoms with Crippen molar-refractivity contribution in [2.24, 2.45) is 0 Å². The summed E-state index contributed by atoms with van der Waals surface area (Å²) < 4.78 is 49.5. The summed E-state index contributed by atoms with van der Waals surface area (Å²) in [6.45, 7) is -2.04. The highest BCUT2D eigenvalue weighted by molar-refractivity contribution is 4.98. The van der Waals surface area contributed by atoms with Gasteiger partial charge in [-0.1, -0.05) is 0 Å². The molecule has 0 radical (unpaired) electrons. The molecule has 5 fully saturated rings. The van der Waals surface area contributed by atoms with E-state index in [1.54, 1.807) is 0 Å². The van der Waals surface area contributed by atoms with E-state index in [2.05, 4.69) is 0 Å². The maximum Gasteiger partial charge on any atom is 0.187 e. The summed E-state index contributed by atoms with van der Waals surface area (Å²) in [7, 11) is 0. The Hall–Kier alpha value is -1.00. The summed E-state index contributed by atoms with van der Waals surface area (Å²) in [4.78, 5) is 0. The van der Waals surface area contributed by atoms with Gasteiger partial charge in [-0.05, 0) is 6.92 Å². The second kappa shape index (κ2) is 18.9. The van der Waals surface area contributed by atoms with Crippen LogP contribution in [0, 0.1) is 0 Å². The molecule has 0 bridgehead atoms. The fourth-order valence-corrected chi connectivity index (χ4v) is 6.84. The number of aliphatic hydroxyl groups excluding tert-OH is 16. The topological polar surface area (TPSA) is 407 Å². The van der Waals surface area contributed by atoms with Crippen molar-refractivity contribution in [3.05, 3.63) is 0 Å². The lowest BCUT2D eigenvalue weighted by Gasteiger charge is -2.48. The number of ether oxygens (including phenoxy) is 9. The van der Waals surface area contributed by atoms with Gasteiger partial charge in [0.15, 0.2) is 31.5 Å². The Morgan fingerprint density at radius 2 is 0.782 bits per heavy atom. The van der Waals surface area contributed by atoms with E-state index in [9.17, 15) is 81.7 Å². The molecule has 0 amide bonds. The predicted octanol–water partition coefficient (Wildman–Crippen LogP) is -10.9. The molecule has 322 valence electrons. The number of hydrogen-bond donors (Lipinski definition) is 16. The monoisotopic (exact) mass is 812 g/mol. The first-order chi connectivity index (χ1) is 25.9. The molecule has 25 atom stereocenters. The van der Waals surface area contributed by atoms with E-state index in [0.29, 0.717) is 0 Å². The zero-order valence-electron chi connectivity index (χ0n) is 29.1. The van der Waals surface area contributed by atoms with Gasteiger partial charge in [-0.3, -0.25) is 0 Å². The molecule has 0 saturated carbocycles. The summed E-state index contributed by atoms with van der Waals surface area (Å²) in [6.07, 6.45) is -44.7. The minimum absolute atomic E-state index is 0.801. The van der Waals surface area contributed by atoms with Crippen LogP contribution in [-0.4, -0.2) is 262 Å². The molecule has 5 rings (SSSR count). The molecule has 5 saturated heterocycles. The highest BCUT2D eigenvalue weighted by Gasteiger charge is 2.55. The Balaban J connectivity index is 1.30. The van der Waals surface area contributed by atoms with Gasteiger partial charge in [0.05, 0.1) is 32.5 Å². The first-order valence-electron chi connectivity index (χ1n) is 17.5. The van der Waals surface area contributed by atoms with E-state index in [0.717, 1.165) is 0 Å². The number of aliphatic hydroxyl groups is 16. The third-order valence-electron chi connectivity index (χ3n) is 10.3. The molecule has 55 heavy (non-hydrogen) atoms. The Morgan fingerprint density at radius 1 is 0.364 bits per heavy atom. The molecule has 25 heteroatoms. The van der Waals surface area contributed by atoms with E-state index in [4.69, 9.17) is 42.6 Å². The van der Waals surface area contributed by atoms with Crippen LogP contribution < -0.4 is 0 Å². The summed E-state index contributed by atoms with van der Waals surface area (Å²) in [5, 5.41) is 166. The van der Waals surface area contributed by atoms with Crippen LogP contribution in [0.3, 0.4) is 0 Å². The lowest BCUT2D eigenvalue weighted by atomic mass is 9.96. The van der Waals surface area contributed by atoms with E-state index in [1.165, 1.54) is 6.92 Å². The van der Waals surface area contributed by atoms with Crippen LogP contribution in [0.1, 0.15) is 6.92 Å².